The van der Waals surface area contributed by atoms with Crippen LogP contribution in [-0.4, -0.2) is 27.2 Å². The van der Waals surface area contributed by atoms with Gasteiger partial charge in [0.05, 0.1) is 28.4 Å². The molecule has 0 amide bonds. The number of aryl methyl sites for hydroxylation is 2. The van der Waals surface area contributed by atoms with Crippen LogP contribution in [0.4, 0.5) is 13.2 Å². The van der Waals surface area contributed by atoms with Crippen LogP contribution in [0.25, 0.3) is 0 Å². The number of aliphatic hydroxyl groups excluding tert-OH is 1. The molecule has 2 rings (SSSR count). The predicted molar refractivity (Wildman–Crippen MR) is 74.2 cm³/mol. The molecule has 1 saturated carbocycles. The Morgan fingerprint density at radius 2 is 2.00 bits per heavy atom. The minimum Gasteiger partial charge on any atom is -0.392 e. The fraction of sp³-hybridized carbons (Fsp3) is 0.786. The number of hydrogen-bond donors (Lipinski definition) is 1. The molecule has 3 unspecified atom stereocenters. The summed E-state index contributed by atoms with van der Waals surface area (Å²) in [7, 11) is 1.68. The summed E-state index contributed by atoms with van der Waals surface area (Å²) < 4.78 is 40.8. The molecular formula is C14H20ClF3N2O. The molecule has 0 bridgehead atoms. The van der Waals surface area contributed by atoms with Crippen LogP contribution in [0.3, 0.4) is 0 Å². The first-order valence-electron chi connectivity index (χ1n) is 7.14. The van der Waals surface area contributed by atoms with Gasteiger partial charge in [-0.3, -0.25) is 4.68 Å². The van der Waals surface area contributed by atoms with E-state index in [1.165, 1.54) is 4.68 Å². The van der Waals surface area contributed by atoms with Crippen molar-refractivity contribution in [3.8, 4) is 0 Å². The van der Waals surface area contributed by atoms with E-state index < -0.39 is 24.1 Å². The van der Waals surface area contributed by atoms with Crippen molar-refractivity contribution in [3.05, 3.63) is 16.4 Å². The third kappa shape index (κ3) is 3.54. The lowest BCUT2D eigenvalue weighted by Gasteiger charge is -2.36. The van der Waals surface area contributed by atoms with Gasteiger partial charge in [-0.2, -0.15) is 18.3 Å². The lowest BCUT2D eigenvalue weighted by molar-refractivity contribution is -0.206. The first-order valence-corrected chi connectivity index (χ1v) is 7.52. The second-order valence-corrected chi connectivity index (χ2v) is 6.22. The van der Waals surface area contributed by atoms with Crippen LogP contribution in [-0.2, 0) is 13.5 Å². The highest BCUT2D eigenvalue weighted by molar-refractivity contribution is 6.31. The standard InChI is InChI=1S/C14H20ClF3N2O/c1-8-13(15)11(20(2)19-8)7-12(21)9-5-3-4-6-10(9)14(16,17)18/h9-10,12,21H,3-7H2,1-2H3. The Morgan fingerprint density at radius 1 is 1.38 bits per heavy atom. The molecule has 1 fully saturated rings. The molecule has 0 saturated heterocycles. The maximum Gasteiger partial charge on any atom is 0.392 e. The maximum absolute atomic E-state index is 13.1. The lowest BCUT2D eigenvalue weighted by Crippen LogP contribution is -2.40. The van der Waals surface area contributed by atoms with Crippen LogP contribution in [0.5, 0.6) is 0 Å². The van der Waals surface area contributed by atoms with Crippen LogP contribution in [0.1, 0.15) is 37.1 Å². The lowest BCUT2D eigenvalue weighted by atomic mass is 9.75. The second kappa shape index (κ2) is 6.16. The molecule has 3 nitrogen and oxygen atoms in total. The largest absolute Gasteiger partial charge is 0.392 e. The fourth-order valence-corrected chi connectivity index (χ4v) is 3.52. The summed E-state index contributed by atoms with van der Waals surface area (Å²) in [5.41, 5.74) is 1.21. The molecule has 7 heteroatoms. The van der Waals surface area contributed by atoms with E-state index in [4.69, 9.17) is 11.6 Å². The summed E-state index contributed by atoms with van der Waals surface area (Å²) >= 11 is 6.11. The average molecular weight is 325 g/mol. The van der Waals surface area contributed by atoms with Gasteiger partial charge in [-0.25, -0.2) is 0 Å². The summed E-state index contributed by atoms with van der Waals surface area (Å²) in [5.74, 6) is -2.18. The Bertz CT molecular complexity index is 501. The van der Waals surface area contributed by atoms with E-state index in [0.29, 0.717) is 29.3 Å². The number of hydrogen-bond acceptors (Lipinski definition) is 2. The number of nitrogens with zero attached hydrogens (tertiary/aromatic N) is 2. The monoisotopic (exact) mass is 324 g/mol. The van der Waals surface area contributed by atoms with Gasteiger partial charge in [0.15, 0.2) is 0 Å². The first kappa shape index (κ1) is 16.6. The molecule has 1 aromatic rings. The van der Waals surface area contributed by atoms with Crippen LogP contribution >= 0.6 is 11.6 Å². The maximum atomic E-state index is 13.1. The summed E-state index contributed by atoms with van der Waals surface area (Å²) in [4.78, 5) is 0. The topological polar surface area (TPSA) is 38.0 Å². The molecule has 120 valence electrons. The smallest absolute Gasteiger partial charge is 0.392 e. The zero-order valence-corrected chi connectivity index (χ0v) is 12.9. The van der Waals surface area contributed by atoms with Gasteiger partial charge in [0.25, 0.3) is 0 Å². The third-order valence-electron chi connectivity index (χ3n) is 4.40. The molecule has 0 aromatic carbocycles. The van der Waals surface area contributed by atoms with Gasteiger partial charge in [-0.15, -0.1) is 0 Å². The molecule has 1 heterocycles. The Kier molecular flexibility index (Phi) is 4.88. The van der Waals surface area contributed by atoms with Crippen molar-refractivity contribution in [3.63, 3.8) is 0 Å². The zero-order chi connectivity index (χ0) is 15.8. The Balaban J connectivity index is 2.16. The SMILES string of the molecule is Cc1nn(C)c(CC(O)C2CCCCC2C(F)(F)F)c1Cl. The summed E-state index contributed by atoms with van der Waals surface area (Å²) in [5, 5.41) is 14.9. The van der Waals surface area contributed by atoms with Gasteiger partial charge in [-0.1, -0.05) is 24.4 Å². The van der Waals surface area contributed by atoms with Crippen LogP contribution in [0, 0.1) is 18.8 Å². The highest BCUT2D eigenvalue weighted by Crippen LogP contribution is 2.43. The normalized spacial score (nSPS) is 25.1. The van der Waals surface area contributed by atoms with E-state index in [2.05, 4.69) is 5.10 Å². The van der Waals surface area contributed by atoms with Gasteiger partial charge in [0.1, 0.15) is 0 Å². The highest BCUT2D eigenvalue weighted by Gasteiger charge is 2.47. The predicted octanol–water partition coefficient (Wildman–Crippen LogP) is 3.65. The number of alkyl halides is 3. The molecule has 3 atom stereocenters. The van der Waals surface area contributed by atoms with Crippen LogP contribution in [0.15, 0.2) is 0 Å². The van der Waals surface area contributed by atoms with E-state index in [0.717, 1.165) is 6.42 Å². The van der Waals surface area contributed by atoms with Crippen molar-refractivity contribution in [1.82, 2.24) is 9.78 Å². The van der Waals surface area contributed by atoms with Gasteiger partial charge >= 0.3 is 6.18 Å². The van der Waals surface area contributed by atoms with Gasteiger partial charge in [0, 0.05) is 13.5 Å². The van der Waals surface area contributed by atoms with Gasteiger partial charge < -0.3 is 5.11 Å². The van der Waals surface area contributed by atoms with E-state index in [9.17, 15) is 18.3 Å². The molecule has 0 aliphatic heterocycles. The van der Waals surface area contributed by atoms with E-state index in [1.807, 2.05) is 0 Å². The number of aromatic nitrogens is 2. The molecule has 0 radical (unpaired) electrons. The van der Waals surface area contributed by atoms with Crippen LogP contribution < -0.4 is 0 Å². The molecular weight excluding hydrogens is 305 g/mol. The Hall–Kier alpha value is -0.750. The quantitative estimate of drug-likeness (QED) is 0.921. The molecule has 21 heavy (non-hydrogen) atoms. The van der Waals surface area contributed by atoms with Crippen LogP contribution in [0.2, 0.25) is 5.02 Å². The second-order valence-electron chi connectivity index (χ2n) is 5.84. The van der Waals surface area contributed by atoms with Crippen molar-refractivity contribution in [1.29, 1.82) is 0 Å². The molecule has 1 aliphatic carbocycles. The molecule has 1 aliphatic rings. The van der Waals surface area contributed by atoms with Crippen molar-refractivity contribution in [2.75, 3.05) is 0 Å². The van der Waals surface area contributed by atoms with Crippen molar-refractivity contribution >= 4 is 11.6 Å². The Labute approximate surface area is 127 Å². The van der Waals surface area contributed by atoms with Gasteiger partial charge in [0.2, 0.25) is 0 Å². The van der Waals surface area contributed by atoms with Crippen molar-refractivity contribution < 1.29 is 18.3 Å². The minimum atomic E-state index is -4.25. The minimum absolute atomic E-state index is 0.101. The molecule has 1 N–H and O–H groups in total. The van der Waals surface area contributed by atoms with E-state index in [1.54, 1.807) is 14.0 Å². The van der Waals surface area contributed by atoms with Crippen molar-refractivity contribution in [2.24, 2.45) is 18.9 Å². The molecule has 0 spiro atoms. The van der Waals surface area contributed by atoms with E-state index in [-0.39, 0.29) is 12.8 Å². The number of halogens is 4. The fourth-order valence-electron chi connectivity index (χ4n) is 3.28. The number of aliphatic hydroxyl groups is 1. The van der Waals surface area contributed by atoms with Gasteiger partial charge in [-0.05, 0) is 25.7 Å². The Morgan fingerprint density at radius 3 is 2.52 bits per heavy atom. The highest BCUT2D eigenvalue weighted by atomic mass is 35.5. The number of rotatable bonds is 3. The van der Waals surface area contributed by atoms with E-state index >= 15 is 0 Å². The summed E-state index contributed by atoms with van der Waals surface area (Å²) in [6, 6.07) is 0. The molecule has 1 aromatic heterocycles. The van der Waals surface area contributed by atoms with Crippen molar-refractivity contribution in [2.45, 2.75) is 51.3 Å². The summed E-state index contributed by atoms with van der Waals surface area (Å²) in [6.45, 7) is 1.73. The zero-order valence-electron chi connectivity index (χ0n) is 12.1. The third-order valence-corrected chi connectivity index (χ3v) is 4.89. The average Bonchev–Trinajstić information content (AvgIpc) is 2.64. The summed E-state index contributed by atoms with van der Waals surface area (Å²) in [6.07, 6.45) is -3.40. The first-order chi connectivity index (χ1) is 9.71.